The smallest absolute Gasteiger partial charge is 0.236 e. The topological polar surface area (TPSA) is 41.5 Å². The fourth-order valence-electron chi connectivity index (χ4n) is 1.26. The highest BCUT2D eigenvalue weighted by Gasteiger charge is 2.01. The number of nitrogens with one attached hydrogen (secondary N) is 1. The van der Waals surface area contributed by atoms with E-state index in [2.05, 4.69) is 10.5 Å². The second-order valence-electron chi connectivity index (χ2n) is 3.64. The Morgan fingerprint density at radius 2 is 2.05 bits per heavy atom. The van der Waals surface area contributed by atoms with Crippen molar-refractivity contribution >= 4 is 46.8 Å². The summed E-state index contributed by atoms with van der Waals surface area (Å²) in [6.07, 6.45) is 1.64. The van der Waals surface area contributed by atoms with E-state index in [1.807, 2.05) is 36.4 Å². The second-order valence-corrected chi connectivity index (χ2v) is 6.56. The first-order chi connectivity index (χ1) is 9.13. The number of hydrogen-bond donors (Lipinski definition) is 1. The monoisotopic (exact) mass is 310 g/mol. The van der Waals surface area contributed by atoms with Gasteiger partial charge in [0.15, 0.2) is 0 Å². The van der Waals surface area contributed by atoms with Crippen molar-refractivity contribution in [2.24, 2.45) is 5.10 Å². The first-order valence-corrected chi connectivity index (χ1v) is 7.47. The fourth-order valence-corrected chi connectivity index (χ4v) is 3.38. The average molecular weight is 311 g/mol. The maximum Gasteiger partial charge on any atom is 0.236 e. The summed E-state index contributed by atoms with van der Waals surface area (Å²) in [6.45, 7) is 1.42. The van der Waals surface area contributed by atoms with E-state index < -0.39 is 0 Å². The van der Waals surface area contributed by atoms with E-state index in [1.54, 1.807) is 29.3 Å². The summed E-state index contributed by atoms with van der Waals surface area (Å²) in [4.78, 5) is 12.8. The molecule has 0 spiro atoms. The molecule has 1 amide bonds. The number of carbonyl (C=O) groups excluding carboxylic acids is 1. The van der Waals surface area contributed by atoms with Crippen LogP contribution in [0.15, 0.2) is 50.6 Å². The van der Waals surface area contributed by atoms with Crippen LogP contribution in [0.3, 0.4) is 0 Å². The number of benzene rings is 1. The number of nitrogens with zero attached hydrogens (tertiary/aromatic N) is 1. The van der Waals surface area contributed by atoms with Gasteiger partial charge in [-0.2, -0.15) is 5.10 Å². The van der Waals surface area contributed by atoms with E-state index in [1.165, 1.54) is 6.92 Å². The molecule has 0 aliphatic rings. The van der Waals surface area contributed by atoms with Crippen molar-refractivity contribution in [2.75, 3.05) is 0 Å². The predicted octanol–water partition coefficient (Wildman–Crippen LogP) is 4.02. The highest BCUT2D eigenvalue weighted by Crippen LogP contribution is 2.33. The maximum absolute atomic E-state index is 10.7. The normalized spacial score (nSPS) is 10.8. The van der Waals surface area contributed by atoms with Crippen molar-refractivity contribution < 1.29 is 4.79 Å². The van der Waals surface area contributed by atoms with Gasteiger partial charge in [-0.05, 0) is 36.4 Å². The number of rotatable bonds is 4. The standard InChI is InChI=1S/C13H11ClN2OS2/c1-9(17)16-15-8-12-6-7-13(19-12)18-11-4-2-10(14)3-5-11/h2-8H,1H3,(H,16,17)/b15-8-. The van der Waals surface area contributed by atoms with Gasteiger partial charge in [0, 0.05) is 21.7 Å². The van der Waals surface area contributed by atoms with Crippen LogP contribution in [0.5, 0.6) is 0 Å². The molecule has 2 rings (SSSR count). The SMILES string of the molecule is CC(=O)N/N=C\c1ccc(Sc2ccc(Cl)cc2)s1. The van der Waals surface area contributed by atoms with Crippen LogP contribution in [-0.2, 0) is 4.79 Å². The fraction of sp³-hybridized carbons (Fsp3) is 0.0769. The zero-order valence-corrected chi connectivity index (χ0v) is 12.5. The van der Waals surface area contributed by atoms with Gasteiger partial charge in [0.2, 0.25) is 5.91 Å². The molecule has 3 nitrogen and oxygen atoms in total. The van der Waals surface area contributed by atoms with Crippen molar-refractivity contribution in [3.8, 4) is 0 Å². The number of hydrogen-bond acceptors (Lipinski definition) is 4. The summed E-state index contributed by atoms with van der Waals surface area (Å²) in [7, 11) is 0. The van der Waals surface area contributed by atoms with E-state index >= 15 is 0 Å². The predicted molar refractivity (Wildman–Crippen MR) is 81.3 cm³/mol. The summed E-state index contributed by atoms with van der Waals surface area (Å²) >= 11 is 9.12. The number of amides is 1. The number of hydrazone groups is 1. The lowest BCUT2D eigenvalue weighted by Gasteiger charge is -1.97. The van der Waals surface area contributed by atoms with Crippen LogP contribution in [0.4, 0.5) is 0 Å². The molecule has 0 aliphatic carbocycles. The van der Waals surface area contributed by atoms with Gasteiger partial charge in [-0.15, -0.1) is 11.3 Å². The zero-order chi connectivity index (χ0) is 13.7. The van der Waals surface area contributed by atoms with Gasteiger partial charge in [-0.1, -0.05) is 23.4 Å². The van der Waals surface area contributed by atoms with Crippen molar-refractivity contribution in [1.29, 1.82) is 0 Å². The van der Waals surface area contributed by atoms with E-state index in [9.17, 15) is 4.79 Å². The van der Waals surface area contributed by atoms with Crippen molar-refractivity contribution in [1.82, 2.24) is 5.43 Å². The van der Waals surface area contributed by atoms with Gasteiger partial charge >= 0.3 is 0 Å². The average Bonchev–Trinajstić information content (AvgIpc) is 2.79. The Morgan fingerprint density at radius 1 is 1.32 bits per heavy atom. The summed E-state index contributed by atoms with van der Waals surface area (Å²) in [6, 6.07) is 11.7. The lowest BCUT2D eigenvalue weighted by molar-refractivity contribution is -0.118. The molecule has 0 atom stereocenters. The lowest BCUT2D eigenvalue weighted by Crippen LogP contribution is -2.11. The first kappa shape index (κ1) is 14.1. The lowest BCUT2D eigenvalue weighted by atomic mass is 10.4. The molecule has 1 aromatic heterocycles. The quantitative estimate of drug-likeness (QED) is 0.684. The van der Waals surface area contributed by atoms with Gasteiger partial charge in [0.1, 0.15) is 0 Å². The number of carbonyl (C=O) groups is 1. The van der Waals surface area contributed by atoms with Crippen molar-refractivity contribution in [2.45, 2.75) is 16.0 Å². The summed E-state index contributed by atoms with van der Waals surface area (Å²) in [5.74, 6) is -0.177. The summed E-state index contributed by atoms with van der Waals surface area (Å²) in [5, 5.41) is 4.57. The molecule has 0 bridgehead atoms. The minimum Gasteiger partial charge on any atom is -0.274 e. The van der Waals surface area contributed by atoms with Crippen LogP contribution < -0.4 is 5.43 Å². The van der Waals surface area contributed by atoms with E-state index in [4.69, 9.17) is 11.6 Å². The molecule has 1 N–H and O–H groups in total. The van der Waals surface area contributed by atoms with Gasteiger partial charge in [0.05, 0.1) is 10.4 Å². The van der Waals surface area contributed by atoms with Crippen molar-refractivity contribution in [3.05, 3.63) is 46.3 Å². The molecule has 1 aromatic carbocycles. The molecule has 98 valence electrons. The minimum absolute atomic E-state index is 0.177. The summed E-state index contributed by atoms with van der Waals surface area (Å²) < 4.78 is 1.16. The molecule has 0 unspecified atom stereocenters. The van der Waals surface area contributed by atoms with Crippen LogP contribution in [0.2, 0.25) is 5.02 Å². The third-order valence-corrected chi connectivity index (χ3v) is 4.46. The largest absolute Gasteiger partial charge is 0.274 e. The Balaban J connectivity index is 1.99. The van der Waals surface area contributed by atoms with Gasteiger partial charge in [0.25, 0.3) is 0 Å². The molecule has 1 heterocycles. The Morgan fingerprint density at radius 3 is 2.74 bits per heavy atom. The molecule has 0 saturated heterocycles. The summed E-state index contributed by atoms with van der Waals surface area (Å²) in [5.41, 5.74) is 2.37. The zero-order valence-electron chi connectivity index (χ0n) is 10.1. The molecule has 6 heteroatoms. The third-order valence-electron chi connectivity index (χ3n) is 2.05. The van der Waals surface area contributed by atoms with Crippen LogP contribution in [0.25, 0.3) is 0 Å². The minimum atomic E-state index is -0.177. The molecular weight excluding hydrogens is 300 g/mol. The molecule has 19 heavy (non-hydrogen) atoms. The van der Waals surface area contributed by atoms with Gasteiger partial charge in [-0.3, -0.25) is 4.79 Å². The Hall–Kier alpha value is -1.30. The maximum atomic E-state index is 10.7. The van der Waals surface area contributed by atoms with Crippen molar-refractivity contribution in [3.63, 3.8) is 0 Å². The van der Waals surface area contributed by atoms with Crippen LogP contribution in [0, 0.1) is 0 Å². The van der Waals surface area contributed by atoms with E-state index in [0.717, 1.165) is 19.0 Å². The highest BCUT2D eigenvalue weighted by molar-refractivity contribution is 8.01. The number of thiophene rings is 1. The van der Waals surface area contributed by atoms with Crippen LogP contribution in [-0.4, -0.2) is 12.1 Å². The molecule has 0 radical (unpaired) electrons. The molecular formula is C13H11ClN2OS2. The molecule has 2 aromatic rings. The molecule has 0 fully saturated rings. The highest BCUT2D eigenvalue weighted by atomic mass is 35.5. The van der Waals surface area contributed by atoms with Crippen LogP contribution in [0.1, 0.15) is 11.8 Å². The van der Waals surface area contributed by atoms with E-state index in [-0.39, 0.29) is 5.91 Å². The van der Waals surface area contributed by atoms with Gasteiger partial charge < -0.3 is 0 Å². The molecule has 0 saturated carbocycles. The van der Waals surface area contributed by atoms with Crippen LogP contribution >= 0.6 is 34.7 Å². The van der Waals surface area contributed by atoms with E-state index in [0.29, 0.717) is 0 Å². The Bertz CT molecular complexity index is 593. The number of halogens is 1. The Kier molecular flexibility index (Phi) is 5.01. The third kappa shape index (κ3) is 4.70. The van der Waals surface area contributed by atoms with Gasteiger partial charge in [-0.25, -0.2) is 5.43 Å². The first-order valence-electron chi connectivity index (χ1n) is 5.46. The Labute approximate surface area is 124 Å². The second kappa shape index (κ2) is 6.75. The molecule has 0 aliphatic heterocycles.